The lowest BCUT2D eigenvalue weighted by Gasteiger charge is -2.43. The van der Waals surface area contributed by atoms with Gasteiger partial charge in [-0.25, -0.2) is 13.2 Å². The zero-order valence-electron chi connectivity index (χ0n) is 81.3. The topological polar surface area (TPSA) is 112 Å². The Balaban J connectivity index is 0.000000119. The molecule has 3 heterocycles. The van der Waals surface area contributed by atoms with E-state index in [1.807, 2.05) is 133 Å². The smallest absolute Gasteiger partial charge is 0.197 e. The highest BCUT2D eigenvalue weighted by Gasteiger charge is 2.44. The van der Waals surface area contributed by atoms with Crippen LogP contribution in [0.1, 0.15) is 165 Å². The van der Waals surface area contributed by atoms with Crippen molar-refractivity contribution in [3.63, 3.8) is 0 Å². The number of hydrogen-bond donors (Lipinski definition) is 0. The molecule has 0 bridgehead atoms. The third-order valence-electron chi connectivity index (χ3n) is 30.1. The van der Waals surface area contributed by atoms with Crippen molar-refractivity contribution in [2.75, 3.05) is 14.7 Å². The Kier molecular flexibility index (Phi) is 22.2. The number of halogens is 5. The van der Waals surface area contributed by atoms with E-state index in [-0.39, 0.29) is 83.5 Å². The van der Waals surface area contributed by atoms with E-state index >= 15 is 0 Å². The molecule has 9 nitrogen and oxygen atoms in total. The summed E-state index contributed by atoms with van der Waals surface area (Å²) in [6, 6.07) is 124. The number of allylic oxidation sites excluding steroid dienone is 3. The van der Waals surface area contributed by atoms with Crippen LogP contribution in [0.15, 0.2) is 399 Å². The molecule has 0 atom stereocenters. The molecule has 0 spiro atoms. The number of fused-ring (bicyclic) bond motifs is 17. The summed E-state index contributed by atoms with van der Waals surface area (Å²) in [4.78, 5) is 87.3. The number of nitrogens with zero attached hydrogens (tertiary/aromatic N) is 3. The number of anilines is 9. The second-order valence-corrected chi connectivity index (χ2v) is 41.2. The molecular weight excluding hydrogens is 1860 g/mol. The number of ketones is 6. The van der Waals surface area contributed by atoms with Gasteiger partial charge in [0, 0.05) is 72.8 Å². The molecule has 3 aliphatic heterocycles. The van der Waals surface area contributed by atoms with Gasteiger partial charge in [0.05, 0.1) is 60.9 Å². The Bertz CT molecular complexity index is 9100. The Morgan fingerprint density at radius 3 is 0.823 bits per heavy atom. The van der Waals surface area contributed by atoms with Crippen LogP contribution in [-0.4, -0.2) is 34.7 Å². The van der Waals surface area contributed by atoms with Crippen molar-refractivity contribution in [1.82, 2.24) is 0 Å². The standard InChI is InChI=1S/C51H34FNO2.C45H29F2NO2.C37H27Cl2NO2/c1-51(2)45-9-5-6-10-46(45)53(40-23-18-35(19-24-40)33-14-12-32(13-15-33)34-16-21-39(52)22-17-34)47-26-20-38-27-31(11-25-41(38)48(47)51)28-44-49(54)42-29-36-7-3-4-8-37(36)30-43(42)50(44)55;1-45(2)39-9-5-6-10-40(39)48(34-15-12-27(13-16-34)31-21-32(46)25-33(47)22-31)41-18-14-30-19-26(11-17-35(30)42(41)45)20-38-43(49)36-23-28-7-3-4-8-29(28)24-37(36)44(38)50;1-20-13-21(2)15-24(14-20)40-32-8-6-5-7-29(32)37(3,4)34-25-11-9-22(16-23(25)10-12-33(34)40)17-28-35(41)26-18-30(38)31(39)19-27(26)36(28)42/h3-30H,1-2H3;3-25H,1-2H3;5-19H,1-4H3. The van der Waals surface area contributed by atoms with Crippen LogP contribution < -0.4 is 14.7 Å². The SMILES string of the molecule is CC1(C)c2ccccc2N(c2ccc(-c3cc(F)cc(F)c3)cc2)c2ccc3cc(C=C4C(=O)c5cc6ccccc6cc5C4=O)ccc3c21.CC1(C)c2ccccc2N(c2ccc(-c3ccc(-c4ccc(F)cc4)cc3)cc2)c2ccc3cc(C=C4C(=O)c5cc6ccccc6cc5C4=O)ccc3c21.Cc1cc(C)cc(N2c3ccccc3C(C)(C)c3c2ccc2cc(C=C4C(=O)c5cc(Cl)c(Cl)cc5C4=O)ccc32)c1. The van der Waals surface area contributed by atoms with Gasteiger partial charge in [-0.05, 0) is 332 Å². The van der Waals surface area contributed by atoms with E-state index < -0.39 is 11.6 Å². The summed E-state index contributed by atoms with van der Waals surface area (Å²) in [5.74, 6) is -3.08. The molecule has 20 aromatic rings. The number of benzene rings is 20. The predicted octanol–water partition coefficient (Wildman–Crippen LogP) is 34.9. The molecule has 26 rings (SSSR count). The highest BCUT2D eigenvalue weighted by Crippen LogP contribution is 2.59. The summed E-state index contributed by atoms with van der Waals surface area (Å²) in [6.07, 6.45) is 5.14. The fourth-order valence-electron chi connectivity index (χ4n) is 23.2. The monoisotopic (exact) mass is 1950 g/mol. The van der Waals surface area contributed by atoms with Gasteiger partial charge < -0.3 is 14.7 Å². The number of carbonyl (C=O) groups is 6. The molecule has 0 saturated carbocycles. The van der Waals surface area contributed by atoms with Crippen molar-refractivity contribution in [2.45, 2.75) is 71.6 Å². The van der Waals surface area contributed by atoms with Crippen LogP contribution in [0.5, 0.6) is 0 Å². The molecule has 20 aromatic carbocycles. The van der Waals surface area contributed by atoms with Gasteiger partial charge in [-0.2, -0.15) is 0 Å². The Hall–Kier alpha value is -17.3. The number of carbonyl (C=O) groups excluding carboxylic acids is 6. The van der Waals surface area contributed by atoms with Crippen LogP contribution in [0.3, 0.4) is 0 Å². The van der Waals surface area contributed by atoms with Crippen molar-refractivity contribution < 1.29 is 41.9 Å². The number of para-hydroxylation sites is 3. The van der Waals surface area contributed by atoms with Crippen molar-refractivity contribution in [2.24, 2.45) is 0 Å². The average molecular weight is 1950 g/mol. The van der Waals surface area contributed by atoms with E-state index in [4.69, 9.17) is 23.2 Å². The van der Waals surface area contributed by atoms with E-state index in [0.717, 1.165) is 155 Å². The molecule has 0 aromatic heterocycles. The second kappa shape index (κ2) is 35.3. The zero-order valence-corrected chi connectivity index (χ0v) is 82.8. The zero-order chi connectivity index (χ0) is 101. The highest BCUT2D eigenvalue weighted by atomic mass is 35.5. The summed E-state index contributed by atoms with van der Waals surface area (Å²) in [7, 11) is 0. The Morgan fingerprint density at radius 1 is 0.231 bits per heavy atom. The minimum absolute atomic E-state index is 0.121. The quantitative estimate of drug-likeness (QED) is 0.103. The van der Waals surface area contributed by atoms with Crippen molar-refractivity contribution >= 4 is 181 Å². The maximum atomic E-state index is 14.0. The number of aryl methyl sites for hydroxylation is 2. The summed E-state index contributed by atoms with van der Waals surface area (Å²) in [5, 5.41) is 10.7. The second-order valence-electron chi connectivity index (χ2n) is 40.4. The van der Waals surface area contributed by atoms with E-state index in [1.165, 1.54) is 75.5 Å². The summed E-state index contributed by atoms with van der Waals surface area (Å²) < 4.78 is 41.5. The molecule has 0 N–H and O–H groups in total. The minimum atomic E-state index is -0.614. The fourth-order valence-corrected chi connectivity index (χ4v) is 23.5. The van der Waals surface area contributed by atoms with Crippen molar-refractivity contribution in [3.05, 3.63) is 521 Å². The van der Waals surface area contributed by atoms with E-state index in [2.05, 4.69) is 264 Å². The van der Waals surface area contributed by atoms with Crippen LogP contribution in [0.2, 0.25) is 10.0 Å². The van der Waals surface area contributed by atoms with Gasteiger partial charge in [-0.15, -0.1) is 0 Å². The first-order valence-corrected chi connectivity index (χ1v) is 49.7. The van der Waals surface area contributed by atoms with E-state index in [1.54, 1.807) is 30.4 Å². The largest absolute Gasteiger partial charge is 0.310 e. The first-order chi connectivity index (χ1) is 70.9. The predicted molar refractivity (Wildman–Crippen MR) is 592 cm³/mol. The number of rotatable bonds is 9. The molecular formula is C133H90Cl2F3N3O6. The average Bonchev–Trinajstić information content (AvgIpc) is 1.54. The first kappa shape index (κ1) is 92.1. The molecule has 0 amide bonds. The Morgan fingerprint density at radius 2 is 0.503 bits per heavy atom. The van der Waals surface area contributed by atoms with Gasteiger partial charge in [-0.3, -0.25) is 28.8 Å². The van der Waals surface area contributed by atoms with Gasteiger partial charge in [-0.1, -0.05) is 289 Å². The highest BCUT2D eigenvalue weighted by molar-refractivity contribution is 6.47. The van der Waals surface area contributed by atoms with Crippen LogP contribution in [0, 0.1) is 31.3 Å². The summed E-state index contributed by atoms with van der Waals surface area (Å²) in [6.45, 7) is 17.9. The van der Waals surface area contributed by atoms with Gasteiger partial charge in [0.15, 0.2) is 34.7 Å². The van der Waals surface area contributed by atoms with Crippen LogP contribution >= 0.6 is 23.2 Å². The van der Waals surface area contributed by atoms with E-state index in [0.29, 0.717) is 44.5 Å². The third kappa shape index (κ3) is 15.6. The lowest BCUT2D eigenvalue weighted by molar-refractivity contribution is 0.0975. The van der Waals surface area contributed by atoms with Gasteiger partial charge in [0.2, 0.25) is 0 Å². The van der Waals surface area contributed by atoms with Crippen molar-refractivity contribution in [1.29, 1.82) is 0 Å². The van der Waals surface area contributed by atoms with Gasteiger partial charge in [0.1, 0.15) is 17.5 Å². The normalized spacial score (nSPS) is 14.6. The lowest BCUT2D eigenvalue weighted by Crippen LogP contribution is -2.31. The summed E-state index contributed by atoms with van der Waals surface area (Å²) in [5.41, 5.74) is 29.3. The van der Waals surface area contributed by atoms with Gasteiger partial charge >= 0.3 is 0 Å². The maximum Gasteiger partial charge on any atom is 0.197 e. The lowest BCUT2D eigenvalue weighted by atomic mass is 9.71. The first-order valence-electron chi connectivity index (χ1n) is 49.0. The maximum absolute atomic E-state index is 14.0. The fraction of sp³-hybridized carbons (Fsp3) is 0.0827. The molecule has 147 heavy (non-hydrogen) atoms. The van der Waals surface area contributed by atoms with Crippen LogP contribution in [-0.2, 0) is 16.2 Å². The molecule has 6 aliphatic rings. The van der Waals surface area contributed by atoms with Gasteiger partial charge in [0.25, 0.3) is 0 Å². The molecule has 14 heteroatoms. The molecule has 708 valence electrons. The van der Waals surface area contributed by atoms with Crippen LogP contribution in [0.4, 0.5) is 64.4 Å². The molecule has 0 radical (unpaired) electrons. The summed E-state index contributed by atoms with van der Waals surface area (Å²) >= 11 is 12.3. The molecule has 3 aliphatic carbocycles. The van der Waals surface area contributed by atoms with Crippen molar-refractivity contribution in [3.8, 4) is 33.4 Å². The molecule has 0 saturated heterocycles. The third-order valence-corrected chi connectivity index (χ3v) is 30.8. The van der Waals surface area contributed by atoms with E-state index in [9.17, 15) is 41.9 Å². The van der Waals surface area contributed by atoms with Crippen LogP contribution in [0.25, 0.3) is 105 Å². The Labute approximate surface area is 857 Å². The molecule has 0 fully saturated rings. The number of Topliss-reactive ketones (excluding diaryl/α,β-unsaturated/α-hetero) is 6. The minimum Gasteiger partial charge on any atom is -0.310 e. The molecule has 0 unspecified atom stereocenters. The number of hydrogen-bond acceptors (Lipinski definition) is 9.